The van der Waals surface area contributed by atoms with Crippen LogP contribution in [0, 0.1) is 11.8 Å². The third-order valence-corrected chi connectivity index (χ3v) is 10.1. The third-order valence-electron chi connectivity index (χ3n) is 9.75. The van der Waals surface area contributed by atoms with E-state index in [0.717, 1.165) is 0 Å². The number of esters is 1. The Labute approximate surface area is 273 Å². The van der Waals surface area contributed by atoms with Gasteiger partial charge in [-0.2, -0.15) is 0 Å². The van der Waals surface area contributed by atoms with Crippen LogP contribution in [0.25, 0.3) is 0 Å². The summed E-state index contributed by atoms with van der Waals surface area (Å²) in [5.74, 6) is -3.91. The Morgan fingerprint density at radius 3 is 2.46 bits per heavy atom. The molecule has 3 amide bonds. The van der Waals surface area contributed by atoms with Crippen LogP contribution in [0.15, 0.2) is 78.9 Å². The van der Waals surface area contributed by atoms with Crippen molar-refractivity contribution in [3.63, 3.8) is 0 Å². The van der Waals surface area contributed by atoms with E-state index in [1.54, 1.807) is 67.4 Å². The molecule has 2 saturated heterocycles. The molecule has 8 atom stereocenters. The number of likely N-dealkylation sites (N-methyl/N-ethyl adjacent to an activating group) is 1. The normalized spacial score (nSPS) is 32.9. The van der Waals surface area contributed by atoms with E-state index in [9.17, 15) is 24.3 Å². The number of carbonyl (C=O) groups excluding carboxylic acids is 4. The van der Waals surface area contributed by atoms with Crippen molar-refractivity contribution in [2.75, 3.05) is 25.1 Å². The molecule has 11 heteroatoms. The third kappa shape index (κ3) is 5.22. The number of hydrogen-bond acceptors (Lipinski definition) is 7. The lowest BCUT2D eigenvalue weighted by Gasteiger charge is -2.37. The Hall–Kier alpha value is -3.99. The van der Waals surface area contributed by atoms with E-state index < -0.39 is 72.2 Å². The van der Waals surface area contributed by atoms with Crippen molar-refractivity contribution < 1.29 is 33.8 Å². The molecular weight excluding hydrogens is 610 g/mol. The van der Waals surface area contributed by atoms with Gasteiger partial charge >= 0.3 is 5.97 Å². The zero-order valence-electron chi connectivity index (χ0n) is 26.0. The highest BCUT2D eigenvalue weighted by atomic mass is 35.5. The summed E-state index contributed by atoms with van der Waals surface area (Å²) < 4.78 is 13.0. The molecule has 4 aliphatic heterocycles. The number of halogens is 1. The molecule has 1 spiro atoms. The molecule has 2 aromatic carbocycles. The molecule has 6 rings (SSSR count). The summed E-state index contributed by atoms with van der Waals surface area (Å²) >= 11 is 6.52. The van der Waals surface area contributed by atoms with Crippen LogP contribution in [-0.2, 0) is 28.7 Å². The Balaban J connectivity index is 1.46. The van der Waals surface area contributed by atoms with Crippen LogP contribution in [0.1, 0.15) is 38.4 Å². The number of fused-ring (bicyclic) bond motifs is 2. The summed E-state index contributed by atoms with van der Waals surface area (Å²) in [6.07, 6.45) is 5.84. The second-order valence-electron chi connectivity index (χ2n) is 12.4. The number of benzene rings is 2. The summed E-state index contributed by atoms with van der Waals surface area (Å²) in [6.45, 7) is 3.24. The second-order valence-corrected chi connectivity index (χ2v) is 12.8. The molecule has 0 aliphatic carbocycles. The predicted octanol–water partition coefficient (Wildman–Crippen LogP) is 3.69. The van der Waals surface area contributed by atoms with Crippen molar-refractivity contribution in [1.82, 2.24) is 9.80 Å². The number of allylic oxidation sites excluding steroid dienone is 1. The van der Waals surface area contributed by atoms with Gasteiger partial charge in [-0.05, 0) is 38.0 Å². The molecule has 0 saturated carbocycles. The Morgan fingerprint density at radius 2 is 1.74 bits per heavy atom. The molecule has 0 unspecified atom stereocenters. The fraction of sp³-hybridized carbons (Fsp3) is 0.429. The number of cyclic esters (lactones) is 1. The fourth-order valence-corrected chi connectivity index (χ4v) is 7.51. The van der Waals surface area contributed by atoms with Gasteiger partial charge in [-0.25, -0.2) is 0 Å². The highest BCUT2D eigenvalue weighted by molar-refractivity contribution is 6.34. The van der Waals surface area contributed by atoms with Gasteiger partial charge in [0, 0.05) is 20.0 Å². The first-order chi connectivity index (χ1) is 22.1. The van der Waals surface area contributed by atoms with Crippen molar-refractivity contribution in [3.8, 4) is 0 Å². The number of nitrogens with zero attached hydrogens (tertiary/aromatic N) is 3. The summed E-state index contributed by atoms with van der Waals surface area (Å²) in [5.41, 5.74) is -0.361. The van der Waals surface area contributed by atoms with Crippen LogP contribution in [-0.4, -0.2) is 88.6 Å². The van der Waals surface area contributed by atoms with Gasteiger partial charge in [-0.1, -0.05) is 78.4 Å². The first-order valence-electron chi connectivity index (χ1n) is 15.6. The van der Waals surface area contributed by atoms with Gasteiger partial charge in [0.2, 0.25) is 11.8 Å². The minimum atomic E-state index is -1.53. The van der Waals surface area contributed by atoms with Gasteiger partial charge in [0.15, 0.2) is 0 Å². The van der Waals surface area contributed by atoms with Gasteiger partial charge in [0.1, 0.15) is 23.7 Å². The standard InChI is InChI=1S/C35H38ClN3O7/c1-21(20-40)39-31-33(43)38(25-15-8-7-14-24(25)36)19-11-18-35(31)29(32(39)42)28-26(46-35)16-9-10-17-27(41)37(3)22(2)30(45-34(28)44)23-12-5-4-6-13-23/h4-9,11-16,18,21-22,26,28-31,40H,10,17,19-20H2,1-3H3/b16-9-/t21-,22+,26+,28-,29-,30-,31+,35-/m1/s1. The number of aliphatic hydroxyl groups is 1. The quantitative estimate of drug-likeness (QED) is 0.398. The molecule has 2 fully saturated rings. The van der Waals surface area contributed by atoms with Crippen LogP contribution in [0.3, 0.4) is 0 Å². The summed E-state index contributed by atoms with van der Waals surface area (Å²) in [4.78, 5) is 61.0. The van der Waals surface area contributed by atoms with E-state index in [2.05, 4.69) is 0 Å². The van der Waals surface area contributed by atoms with Crippen molar-refractivity contribution >= 4 is 41.0 Å². The van der Waals surface area contributed by atoms with E-state index in [1.165, 1.54) is 9.80 Å². The molecule has 0 aromatic heterocycles. The van der Waals surface area contributed by atoms with E-state index in [-0.39, 0.29) is 18.9 Å². The zero-order valence-corrected chi connectivity index (χ0v) is 26.7. The smallest absolute Gasteiger partial charge is 0.313 e. The number of para-hydroxylation sites is 1. The molecule has 46 heavy (non-hydrogen) atoms. The second kappa shape index (κ2) is 12.7. The van der Waals surface area contributed by atoms with Crippen LogP contribution in [0.4, 0.5) is 5.69 Å². The number of hydrogen-bond donors (Lipinski definition) is 1. The minimum Gasteiger partial charge on any atom is -0.455 e. The Morgan fingerprint density at radius 1 is 1.02 bits per heavy atom. The number of rotatable bonds is 4. The first kappa shape index (κ1) is 32.0. The molecule has 4 heterocycles. The SMILES string of the molecule is C[C@H](CO)N1C(=O)[C@H]2[C@@H]3C(=O)O[C@@H](c4ccccc4)[C@H](C)N(C)C(=O)CC/C=C\[C@@H]3O[C@]23C=CCN(c2ccccc2Cl)C(=O)[C@H]13. The topological polar surface area (TPSA) is 117 Å². The number of aliphatic hydroxyl groups excluding tert-OH is 1. The van der Waals surface area contributed by atoms with Gasteiger partial charge < -0.3 is 29.3 Å². The van der Waals surface area contributed by atoms with Crippen molar-refractivity contribution in [3.05, 3.63) is 89.5 Å². The average molecular weight is 648 g/mol. The van der Waals surface area contributed by atoms with Crippen molar-refractivity contribution in [2.45, 2.75) is 62.6 Å². The van der Waals surface area contributed by atoms with Crippen molar-refractivity contribution in [1.29, 1.82) is 0 Å². The van der Waals surface area contributed by atoms with Gasteiger partial charge in [0.05, 0.1) is 41.4 Å². The summed E-state index contributed by atoms with van der Waals surface area (Å²) in [6, 6.07) is 13.7. The molecular formula is C35H38ClN3O7. The van der Waals surface area contributed by atoms with Gasteiger partial charge in [-0.3, -0.25) is 19.2 Å². The number of carbonyl (C=O) groups is 4. The average Bonchev–Trinajstić information content (AvgIpc) is 3.46. The lowest BCUT2D eigenvalue weighted by Crippen LogP contribution is -2.57. The van der Waals surface area contributed by atoms with Gasteiger partial charge in [-0.15, -0.1) is 0 Å². The largest absolute Gasteiger partial charge is 0.455 e. The Kier molecular flexibility index (Phi) is 8.80. The maximum Gasteiger partial charge on any atom is 0.313 e. The maximum absolute atomic E-state index is 14.6. The van der Waals surface area contributed by atoms with Gasteiger partial charge in [0.25, 0.3) is 5.91 Å². The van der Waals surface area contributed by atoms with Crippen LogP contribution < -0.4 is 4.90 Å². The van der Waals surface area contributed by atoms with E-state index >= 15 is 0 Å². The predicted molar refractivity (Wildman–Crippen MR) is 171 cm³/mol. The number of likely N-dealkylation sites (tertiary alicyclic amines) is 1. The summed E-state index contributed by atoms with van der Waals surface area (Å²) in [7, 11) is 1.69. The van der Waals surface area contributed by atoms with Crippen molar-refractivity contribution in [2.24, 2.45) is 11.8 Å². The molecule has 10 nitrogen and oxygen atoms in total. The lowest BCUT2D eigenvalue weighted by molar-refractivity contribution is -0.164. The molecule has 242 valence electrons. The van der Waals surface area contributed by atoms with Crippen LogP contribution in [0.2, 0.25) is 5.02 Å². The Bertz CT molecular complexity index is 1580. The minimum absolute atomic E-state index is 0.102. The van der Waals surface area contributed by atoms with E-state index in [1.807, 2.05) is 37.3 Å². The molecule has 2 aromatic rings. The van der Waals surface area contributed by atoms with E-state index in [0.29, 0.717) is 22.7 Å². The lowest BCUT2D eigenvalue weighted by atomic mass is 9.77. The number of amides is 3. The van der Waals surface area contributed by atoms with Crippen LogP contribution >= 0.6 is 11.6 Å². The zero-order chi connectivity index (χ0) is 32.7. The molecule has 1 N–H and O–H groups in total. The first-order valence-corrected chi connectivity index (χ1v) is 16.0. The molecule has 0 bridgehead atoms. The molecule has 0 radical (unpaired) electrons. The highest BCUT2D eigenvalue weighted by Crippen LogP contribution is 2.54. The maximum atomic E-state index is 14.6. The molecule has 4 aliphatic rings. The fourth-order valence-electron chi connectivity index (χ4n) is 7.28. The number of anilines is 1. The highest BCUT2D eigenvalue weighted by Gasteiger charge is 2.72. The number of ether oxygens (including phenoxy) is 2. The van der Waals surface area contributed by atoms with Crippen LogP contribution in [0.5, 0.6) is 0 Å². The summed E-state index contributed by atoms with van der Waals surface area (Å²) in [5, 5.41) is 10.6. The monoisotopic (exact) mass is 647 g/mol. The van der Waals surface area contributed by atoms with E-state index in [4.69, 9.17) is 21.1 Å².